The van der Waals surface area contributed by atoms with Gasteiger partial charge in [-0.3, -0.25) is 4.79 Å². The number of carboxylic acid groups (broad SMARTS) is 1. The summed E-state index contributed by atoms with van der Waals surface area (Å²) in [5, 5.41) is 37.5. The molecule has 0 aliphatic heterocycles. The summed E-state index contributed by atoms with van der Waals surface area (Å²) < 4.78 is 0. The first-order valence-electron chi connectivity index (χ1n) is 12.1. The molecule has 0 aliphatic carbocycles. The van der Waals surface area contributed by atoms with E-state index < -0.39 is 17.3 Å². The summed E-state index contributed by atoms with van der Waals surface area (Å²) in [5.74, 6) is -1.28. The summed E-state index contributed by atoms with van der Waals surface area (Å²) in [5.41, 5.74) is -0.969. The van der Waals surface area contributed by atoms with Crippen LogP contribution in [0.1, 0.15) is 116 Å². The van der Waals surface area contributed by atoms with E-state index in [1.54, 1.807) is 0 Å². The van der Waals surface area contributed by atoms with Gasteiger partial charge in [0.15, 0.2) is 0 Å². The van der Waals surface area contributed by atoms with Crippen LogP contribution in [0, 0.1) is 11.3 Å². The number of rotatable bonds is 22. The second kappa shape index (κ2) is 19.3. The third-order valence-electron chi connectivity index (χ3n) is 6.28. The first kappa shape index (κ1) is 28.4. The highest BCUT2D eigenvalue weighted by atomic mass is 16.4. The fourth-order valence-corrected chi connectivity index (χ4v) is 3.84. The van der Waals surface area contributed by atoms with Gasteiger partial charge in [0.05, 0.1) is 25.7 Å². The first-order valence-corrected chi connectivity index (χ1v) is 12.1. The SMILES string of the molecule is CCCCCCCCCCCCCCCCC(CCC(CO)(CO)CO)C(=O)O. The number of hydrogen-bond acceptors (Lipinski definition) is 4. The van der Waals surface area contributed by atoms with Crippen molar-refractivity contribution < 1.29 is 25.2 Å². The van der Waals surface area contributed by atoms with Crippen molar-refractivity contribution in [2.45, 2.75) is 116 Å². The third kappa shape index (κ3) is 14.9. The Morgan fingerprint density at radius 2 is 1.03 bits per heavy atom. The molecule has 0 fully saturated rings. The number of carboxylic acids is 1. The minimum Gasteiger partial charge on any atom is -0.481 e. The molecule has 0 aromatic rings. The van der Waals surface area contributed by atoms with Gasteiger partial charge in [-0.25, -0.2) is 0 Å². The van der Waals surface area contributed by atoms with Crippen LogP contribution < -0.4 is 0 Å². The van der Waals surface area contributed by atoms with Crippen molar-refractivity contribution in [3.05, 3.63) is 0 Å². The minimum atomic E-state index is -0.969. The molecule has 0 aliphatic rings. The number of aliphatic carboxylic acids is 1. The number of unbranched alkanes of at least 4 members (excludes halogenated alkanes) is 13. The van der Waals surface area contributed by atoms with Crippen LogP contribution in [-0.4, -0.2) is 46.2 Å². The Labute approximate surface area is 178 Å². The van der Waals surface area contributed by atoms with Gasteiger partial charge in [-0.2, -0.15) is 0 Å². The molecule has 1 atom stereocenters. The molecular weight excluding hydrogens is 368 g/mol. The minimum absolute atomic E-state index is 0.325. The van der Waals surface area contributed by atoms with E-state index in [0.717, 1.165) is 19.3 Å². The average Bonchev–Trinajstić information content (AvgIpc) is 2.73. The molecule has 0 bridgehead atoms. The smallest absolute Gasteiger partial charge is 0.306 e. The zero-order chi connectivity index (χ0) is 21.8. The van der Waals surface area contributed by atoms with Crippen molar-refractivity contribution in [2.75, 3.05) is 19.8 Å². The lowest BCUT2D eigenvalue weighted by Crippen LogP contribution is -2.35. The van der Waals surface area contributed by atoms with Crippen LogP contribution in [-0.2, 0) is 4.79 Å². The summed E-state index contributed by atoms with van der Waals surface area (Å²) in [6, 6.07) is 0. The largest absolute Gasteiger partial charge is 0.481 e. The molecule has 0 amide bonds. The number of aliphatic hydroxyl groups is 3. The van der Waals surface area contributed by atoms with E-state index in [9.17, 15) is 25.2 Å². The summed E-state index contributed by atoms with van der Waals surface area (Å²) in [4.78, 5) is 11.5. The van der Waals surface area contributed by atoms with Gasteiger partial charge in [0.25, 0.3) is 0 Å². The highest BCUT2D eigenvalue weighted by Crippen LogP contribution is 2.27. The molecule has 0 saturated heterocycles. The van der Waals surface area contributed by atoms with Crippen LogP contribution in [0.2, 0.25) is 0 Å². The maximum Gasteiger partial charge on any atom is 0.306 e. The van der Waals surface area contributed by atoms with Crippen LogP contribution in [0.5, 0.6) is 0 Å². The first-order chi connectivity index (χ1) is 14.0. The van der Waals surface area contributed by atoms with Gasteiger partial charge >= 0.3 is 5.97 Å². The van der Waals surface area contributed by atoms with E-state index in [1.807, 2.05) is 0 Å². The van der Waals surface area contributed by atoms with Crippen molar-refractivity contribution >= 4 is 5.97 Å². The summed E-state index contributed by atoms with van der Waals surface area (Å²) in [6.07, 6.45) is 19.3. The van der Waals surface area contributed by atoms with Crippen LogP contribution in [0.25, 0.3) is 0 Å². The number of hydrogen-bond donors (Lipinski definition) is 4. The standard InChI is InChI=1S/C24H48O5/c1-2-3-4-5-6-7-8-9-10-11-12-13-14-15-16-22(23(28)29)17-18-24(19-25,20-26)21-27/h22,25-27H,2-21H2,1H3,(H,28,29). The van der Waals surface area contributed by atoms with E-state index in [-0.39, 0.29) is 19.8 Å². The number of carbonyl (C=O) groups is 1. The van der Waals surface area contributed by atoms with Gasteiger partial charge in [0, 0.05) is 5.41 Å². The Kier molecular flexibility index (Phi) is 18.9. The fraction of sp³-hybridized carbons (Fsp3) is 0.958. The van der Waals surface area contributed by atoms with Crippen LogP contribution >= 0.6 is 0 Å². The Balaban J connectivity index is 3.67. The predicted molar refractivity (Wildman–Crippen MR) is 119 cm³/mol. The lowest BCUT2D eigenvalue weighted by Gasteiger charge is -2.28. The lowest BCUT2D eigenvalue weighted by molar-refractivity contribution is -0.142. The van der Waals surface area contributed by atoms with Gasteiger partial charge in [-0.1, -0.05) is 96.8 Å². The van der Waals surface area contributed by atoms with Crippen molar-refractivity contribution in [3.63, 3.8) is 0 Å². The van der Waals surface area contributed by atoms with E-state index in [1.165, 1.54) is 70.6 Å². The molecule has 174 valence electrons. The molecule has 29 heavy (non-hydrogen) atoms. The van der Waals surface area contributed by atoms with Gasteiger partial charge in [0.2, 0.25) is 0 Å². The second-order valence-electron chi connectivity index (χ2n) is 8.93. The summed E-state index contributed by atoms with van der Waals surface area (Å²) in [7, 11) is 0. The third-order valence-corrected chi connectivity index (χ3v) is 6.28. The Morgan fingerprint density at radius 1 is 0.655 bits per heavy atom. The molecule has 0 aromatic heterocycles. The molecule has 0 rings (SSSR count). The molecule has 0 saturated carbocycles. The van der Waals surface area contributed by atoms with E-state index in [2.05, 4.69) is 6.92 Å². The summed E-state index contributed by atoms with van der Waals surface area (Å²) in [6.45, 7) is 1.27. The maximum atomic E-state index is 11.5. The Bertz CT molecular complexity index is 360. The van der Waals surface area contributed by atoms with Crippen molar-refractivity contribution in [3.8, 4) is 0 Å². The molecule has 0 aromatic carbocycles. The molecule has 4 N–H and O–H groups in total. The predicted octanol–water partition coefficient (Wildman–Crippen LogP) is 5.30. The van der Waals surface area contributed by atoms with Gasteiger partial charge in [-0.05, 0) is 19.3 Å². The van der Waals surface area contributed by atoms with Gasteiger partial charge < -0.3 is 20.4 Å². The van der Waals surface area contributed by atoms with E-state index in [4.69, 9.17) is 0 Å². The van der Waals surface area contributed by atoms with Crippen molar-refractivity contribution in [2.24, 2.45) is 11.3 Å². The Hall–Kier alpha value is -0.650. The molecule has 1 unspecified atom stereocenters. The molecule has 0 spiro atoms. The van der Waals surface area contributed by atoms with Crippen molar-refractivity contribution in [1.82, 2.24) is 0 Å². The zero-order valence-corrected chi connectivity index (χ0v) is 18.9. The van der Waals surface area contributed by atoms with E-state index in [0.29, 0.717) is 19.3 Å². The maximum absolute atomic E-state index is 11.5. The van der Waals surface area contributed by atoms with Crippen LogP contribution in [0.3, 0.4) is 0 Å². The van der Waals surface area contributed by atoms with Crippen LogP contribution in [0.4, 0.5) is 0 Å². The van der Waals surface area contributed by atoms with E-state index >= 15 is 0 Å². The lowest BCUT2D eigenvalue weighted by atomic mass is 9.82. The zero-order valence-electron chi connectivity index (χ0n) is 18.9. The van der Waals surface area contributed by atoms with Crippen molar-refractivity contribution in [1.29, 1.82) is 0 Å². The summed E-state index contributed by atoms with van der Waals surface area (Å²) >= 11 is 0. The fourth-order valence-electron chi connectivity index (χ4n) is 3.84. The topological polar surface area (TPSA) is 98.0 Å². The van der Waals surface area contributed by atoms with Crippen LogP contribution in [0.15, 0.2) is 0 Å². The van der Waals surface area contributed by atoms with Gasteiger partial charge in [0.1, 0.15) is 0 Å². The quantitative estimate of drug-likeness (QED) is 0.179. The highest BCUT2D eigenvalue weighted by Gasteiger charge is 2.30. The monoisotopic (exact) mass is 416 g/mol. The average molecular weight is 417 g/mol. The molecular formula is C24H48O5. The molecule has 0 radical (unpaired) electrons. The second-order valence-corrected chi connectivity index (χ2v) is 8.93. The molecule has 5 heteroatoms. The molecule has 0 heterocycles. The van der Waals surface area contributed by atoms with Gasteiger partial charge in [-0.15, -0.1) is 0 Å². The normalized spacial score (nSPS) is 13.0. The highest BCUT2D eigenvalue weighted by molar-refractivity contribution is 5.69. The molecule has 5 nitrogen and oxygen atoms in total. The Morgan fingerprint density at radius 3 is 1.38 bits per heavy atom. The number of aliphatic hydroxyl groups excluding tert-OH is 3.